The van der Waals surface area contributed by atoms with Crippen LogP contribution in [0, 0.1) is 0 Å². The van der Waals surface area contributed by atoms with Crippen molar-refractivity contribution >= 4 is 12.4 Å². The standard InChI is InChI=1S/C11H13NO.ClH/c1-2-8-4-5-12-6-9-7-13-10(3-1)11(8)9;/h1-3,9,12H,4-7H2;1H. The summed E-state index contributed by atoms with van der Waals surface area (Å²) in [6.07, 6.45) is 1.14. The zero-order valence-electron chi connectivity index (χ0n) is 7.95. The highest BCUT2D eigenvalue weighted by atomic mass is 35.5. The summed E-state index contributed by atoms with van der Waals surface area (Å²) >= 11 is 0. The minimum absolute atomic E-state index is 0. The summed E-state index contributed by atoms with van der Waals surface area (Å²) in [5, 5.41) is 3.45. The van der Waals surface area contributed by atoms with Gasteiger partial charge in [-0.1, -0.05) is 12.1 Å². The van der Waals surface area contributed by atoms with Gasteiger partial charge in [0.1, 0.15) is 5.75 Å². The highest BCUT2D eigenvalue weighted by Crippen LogP contribution is 2.37. The first-order chi connectivity index (χ1) is 6.45. The molecule has 3 heteroatoms. The van der Waals surface area contributed by atoms with Crippen molar-refractivity contribution in [2.24, 2.45) is 0 Å². The Bertz CT molecular complexity index is 340. The van der Waals surface area contributed by atoms with Gasteiger partial charge in [0.05, 0.1) is 6.61 Å². The number of rotatable bonds is 0. The first-order valence-corrected chi connectivity index (χ1v) is 4.90. The van der Waals surface area contributed by atoms with Crippen LogP contribution in [-0.2, 0) is 6.42 Å². The van der Waals surface area contributed by atoms with E-state index in [1.54, 1.807) is 0 Å². The second kappa shape index (κ2) is 3.79. The van der Waals surface area contributed by atoms with Gasteiger partial charge in [-0.3, -0.25) is 0 Å². The van der Waals surface area contributed by atoms with Crippen LogP contribution in [-0.4, -0.2) is 19.7 Å². The van der Waals surface area contributed by atoms with E-state index in [9.17, 15) is 0 Å². The molecule has 0 aromatic heterocycles. The Morgan fingerprint density at radius 2 is 2.29 bits per heavy atom. The highest BCUT2D eigenvalue weighted by molar-refractivity contribution is 5.85. The Morgan fingerprint density at radius 3 is 3.21 bits per heavy atom. The Labute approximate surface area is 90.1 Å². The number of nitrogens with one attached hydrogen (secondary N) is 1. The number of hydrogen-bond donors (Lipinski definition) is 1. The fourth-order valence-corrected chi connectivity index (χ4v) is 2.33. The topological polar surface area (TPSA) is 21.3 Å². The second-order valence-corrected chi connectivity index (χ2v) is 3.79. The third-order valence-corrected chi connectivity index (χ3v) is 2.97. The predicted octanol–water partition coefficient (Wildman–Crippen LogP) is 1.73. The summed E-state index contributed by atoms with van der Waals surface area (Å²) in [5.74, 6) is 1.71. The summed E-state index contributed by atoms with van der Waals surface area (Å²) in [7, 11) is 0. The molecule has 2 aliphatic heterocycles. The average molecular weight is 212 g/mol. The van der Waals surface area contributed by atoms with Crippen LogP contribution >= 0.6 is 12.4 Å². The average Bonchev–Trinajstić information content (AvgIpc) is 2.44. The molecule has 0 spiro atoms. The number of ether oxygens (including phenoxy) is 1. The van der Waals surface area contributed by atoms with Crippen LogP contribution in [0.3, 0.4) is 0 Å². The van der Waals surface area contributed by atoms with Crippen molar-refractivity contribution in [3.05, 3.63) is 29.3 Å². The van der Waals surface area contributed by atoms with E-state index in [-0.39, 0.29) is 12.4 Å². The van der Waals surface area contributed by atoms with Gasteiger partial charge in [-0.05, 0) is 24.6 Å². The molecule has 0 saturated carbocycles. The number of benzene rings is 1. The van der Waals surface area contributed by atoms with Crippen molar-refractivity contribution in [2.45, 2.75) is 12.3 Å². The van der Waals surface area contributed by atoms with Gasteiger partial charge < -0.3 is 10.1 Å². The van der Waals surface area contributed by atoms with E-state index in [1.165, 1.54) is 11.1 Å². The first-order valence-electron chi connectivity index (χ1n) is 4.90. The normalized spacial score (nSPS) is 23.0. The zero-order chi connectivity index (χ0) is 8.67. The number of halogens is 1. The zero-order valence-corrected chi connectivity index (χ0v) is 8.77. The molecule has 0 aliphatic carbocycles. The minimum atomic E-state index is 0. The molecule has 0 amide bonds. The van der Waals surface area contributed by atoms with E-state index in [0.29, 0.717) is 5.92 Å². The van der Waals surface area contributed by atoms with Crippen LogP contribution in [0.15, 0.2) is 18.2 Å². The van der Waals surface area contributed by atoms with Crippen molar-refractivity contribution in [1.29, 1.82) is 0 Å². The van der Waals surface area contributed by atoms with E-state index >= 15 is 0 Å². The molecule has 1 unspecified atom stereocenters. The lowest BCUT2D eigenvalue weighted by molar-refractivity contribution is 0.327. The molecule has 0 fully saturated rings. The van der Waals surface area contributed by atoms with Crippen molar-refractivity contribution in [3.63, 3.8) is 0 Å². The van der Waals surface area contributed by atoms with Crippen molar-refractivity contribution in [3.8, 4) is 5.75 Å². The maximum Gasteiger partial charge on any atom is 0.123 e. The molecular formula is C11H14ClNO. The summed E-state index contributed by atoms with van der Waals surface area (Å²) in [6, 6.07) is 6.42. The lowest BCUT2D eigenvalue weighted by Crippen LogP contribution is -2.21. The molecule has 2 heterocycles. The van der Waals surface area contributed by atoms with Crippen molar-refractivity contribution in [1.82, 2.24) is 5.32 Å². The summed E-state index contributed by atoms with van der Waals surface area (Å²) in [6.45, 7) is 3.04. The molecule has 2 nitrogen and oxygen atoms in total. The molecule has 2 aliphatic rings. The summed E-state index contributed by atoms with van der Waals surface area (Å²) in [5.41, 5.74) is 2.94. The van der Waals surface area contributed by atoms with Gasteiger partial charge in [-0.2, -0.15) is 0 Å². The van der Waals surface area contributed by atoms with E-state index in [1.807, 2.05) is 0 Å². The Balaban J connectivity index is 0.000000750. The highest BCUT2D eigenvalue weighted by Gasteiger charge is 2.27. The largest absolute Gasteiger partial charge is 0.493 e. The molecule has 0 bridgehead atoms. The first kappa shape index (κ1) is 9.81. The molecule has 1 aromatic carbocycles. The van der Waals surface area contributed by atoms with E-state index < -0.39 is 0 Å². The summed E-state index contributed by atoms with van der Waals surface area (Å²) < 4.78 is 5.64. The second-order valence-electron chi connectivity index (χ2n) is 3.79. The van der Waals surface area contributed by atoms with E-state index in [4.69, 9.17) is 4.74 Å². The lowest BCUT2D eigenvalue weighted by atomic mass is 9.96. The maximum atomic E-state index is 5.64. The third kappa shape index (κ3) is 1.39. The molecular weight excluding hydrogens is 198 g/mol. The molecule has 1 aromatic rings. The maximum absolute atomic E-state index is 5.64. The van der Waals surface area contributed by atoms with Gasteiger partial charge in [-0.15, -0.1) is 12.4 Å². The summed E-state index contributed by atoms with van der Waals surface area (Å²) in [4.78, 5) is 0. The molecule has 0 radical (unpaired) electrons. The molecule has 76 valence electrons. The van der Waals surface area contributed by atoms with Crippen LogP contribution in [0.5, 0.6) is 5.75 Å². The van der Waals surface area contributed by atoms with Gasteiger partial charge in [0.15, 0.2) is 0 Å². The van der Waals surface area contributed by atoms with Crippen LogP contribution in [0.25, 0.3) is 0 Å². The lowest BCUT2D eigenvalue weighted by Gasteiger charge is -2.06. The van der Waals surface area contributed by atoms with Gasteiger partial charge in [0.2, 0.25) is 0 Å². The van der Waals surface area contributed by atoms with Gasteiger partial charge in [0.25, 0.3) is 0 Å². The fraction of sp³-hybridized carbons (Fsp3) is 0.455. The molecule has 3 rings (SSSR count). The monoisotopic (exact) mass is 211 g/mol. The smallest absolute Gasteiger partial charge is 0.123 e. The SMILES string of the molecule is Cl.c1cc2c3c(c1)OCC3CNCC2. The van der Waals surface area contributed by atoms with Crippen molar-refractivity contribution in [2.75, 3.05) is 19.7 Å². The van der Waals surface area contributed by atoms with E-state index in [2.05, 4.69) is 23.5 Å². The fourth-order valence-electron chi connectivity index (χ4n) is 2.33. The molecule has 14 heavy (non-hydrogen) atoms. The van der Waals surface area contributed by atoms with Crippen LogP contribution < -0.4 is 10.1 Å². The van der Waals surface area contributed by atoms with E-state index in [0.717, 1.165) is 31.9 Å². The van der Waals surface area contributed by atoms with Crippen molar-refractivity contribution < 1.29 is 4.74 Å². The molecule has 1 atom stereocenters. The predicted molar refractivity (Wildman–Crippen MR) is 58.5 cm³/mol. The number of hydrogen-bond acceptors (Lipinski definition) is 2. The van der Waals surface area contributed by atoms with Crippen LogP contribution in [0.2, 0.25) is 0 Å². The molecule has 0 saturated heterocycles. The van der Waals surface area contributed by atoms with Crippen LogP contribution in [0.4, 0.5) is 0 Å². The van der Waals surface area contributed by atoms with Gasteiger partial charge in [-0.25, -0.2) is 0 Å². The minimum Gasteiger partial charge on any atom is -0.493 e. The Kier molecular flexibility index (Phi) is 2.66. The van der Waals surface area contributed by atoms with Gasteiger partial charge >= 0.3 is 0 Å². The molecule has 1 N–H and O–H groups in total. The quantitative estimate of drug-likeness (QED) is 0.706. The Morgan fingerprint density at radius 1 is 1.36 bits per heavy atom. The Hall–Kier alpha value is -0.730. The van der Waals surface area contributed by atoms with Crippen LogP contribution in [0.1, 0.15) is 17.0 Å². The van der Waals surface area contributed by atoms with Gasteiger partial charge in [0, 0.05) is 18.0 Å². The third-order valence-electron chi connectivity index (χ3n) is 2.97.